The lowest BCUT2D eigenvalue weighted by molar-refractivity contribution is 0.0303. The van der Waals surface area contributed by atoms with Crippen LogP contribution in [0.5, 0.6) is 5.75 Å². The van der Waals surface area contributed by atoms with Gasteiger partial charge in [0.15, 0.2) is 6.10 Å². The first-order valence-corrected chi connectivity index (χ1v) is 10.0. The molecule has 3 N–H and O–H groups in total. The standard InChI is InChI=1S/C22H24N4O5/c23-20(24)16-2-1-3-17(12-16)26-13-19(31-22(26)28)14-30-18-6-4-15(5-7-18)21(27)25-8-10-29-11-9-25/h1-7,12,19H,8-11,13-14H2,(H3,23,24). The van der Waals surface area contributed by atoms with Crippen molar-refractivity contribution < 1.29 is 23.8 Å². The summed E-state index contributed by atoms with van der Waals surface area (Å²) in [6.07, 6.45) is -0.913. The van der Waals surface area contributed by atoms with Crippen molar-refractivity contribution in [3.05, 3.63) is 59.7 Å². The van der Waals surface area contributed by atoms with Gasteiger partial charge in [-0.05, 0) is 36.4 Å². The number of nitrogens with one attached hydrogen (secondary N) is 1. The Bertz CT molecular complexity index is 972. The lowest BCUT2D eigenvalue weighted by Gasteiger charge is -2.26. The number of rotatable bonds is 6. The second-order valence-electron chi connectivity index (χ2n) is 7.32. The minimum absolute atomic E-state index is 0.0250. The summed E-state index contributed by atoms with van der Waals surface area (Å²) in [6, 6.07) is 13.8. The van der Waals surface area contributed by atoms with Crippen LogP contribution in [0.2, 0.25) is 0 Å². The fourth-order valence-corrected chi connectivity index (χ4v) is 3.49. The van der Waals surface area contributed by atoms with Crippen LogP contribution in [0.3, 0.4) is 0 Å². The van der Waals surface area contributed by atoms with Crippen molar-refractivity contribution in [1.29, 1.82) is 5.41 Å². The molecule has 2 aromatic rings. The van der Waals surface area contributed by atoms with Gasteiger partial charge in [-0.3, -0.25) is 15.1 Å². The lowest BCUT2D eigenvalue weighted by Crippen LogP contribution is -2.40. The van der Waals surface area contributed by atoms with E-state index < -0.39 is 12.2 Å². The smallest absolute Gasteiger partial charge is 0.414 e. The Kier molecular flexibility index (Phi) is 6.03. The highest BCUT2D eigenvalue weighted by molar-refractivity contribution is 5.97. The van der Waals surface area contributed by atoms with Crippen LogP contribution in [-0.4, -0.2) is 68.3 Å². The van der Waals surface area contributed by atoms with Gasteiger partial charge in [0.05, 0.1) is 19.8 Å². The number of carbonyl (C=O) groups is 2. The van der Waals surface area contributed by atoms with E-state index in [4.69, 9.17) is 25.4 Å². The van der Waals surface area contributed by atoms with E-state index in [-0.39, 0.29) is 18.3 Å². The predicted octanol–water partition coefficient (Wildman–Crippen LogP) is 1.85. The van der Waals surface area contributed by atoms with E-state index in [2.05, 4.69) is 0 Å². The predicted molar refractivity (Wildman–Crippen MR) is 114 cm³/mol. The van der Waals surface area contributed by atoms with Gasteiger partial charge in [-0.15, -0.1) is 0 Å². The van der Waals surface area contributed by atoms with Crippen LogP contribution in [-0.2, 0) is 9.47 Å². The van der Waals surface area contributed by atoms with Crippen molar-refractivity contribution in [2.45, 2.75) is 6.10 Å². The Hall–Kier alpha value is -3.59. The number of hydrogen-bond donors (Lipinski definition) is 2. The first-order chi connectivity index (χ1) is 15.0. The minimum Gasteiger partial charge on any atom is -0.490 e. The second kappa shape index (κ2) is 9.05. The highest BCUT2D eigenvalue weighted by atomic mass is 16.6. The molecule has 2 heterocycles. The molecule has 2 fully saturated rings. The number of amidine groups is 1. The van der Waals surface area contributed by atoms with Gasteiger partial charge in [0.2, 0.25) is 0 Å². The van der Waals surface area contributed by atoms with Crippen LogP contribution in [0, 0.1) is 5.41 Å². The van der Waals surface area contributed by atoms with E-state index in [0.717, 1.165) is 0 Å². The van der Waals surface area contributed by atoms with Gasteiger partial charge < -0.3 is 24.8 Å². The molecule has 0 radical (unpaired) electrons. The summed E-state index contributed by atoms with van der Waals surface area (Å²) in [4.78, 5) is 28.0. The fraction of sp³-hybridized carbons (Fsp3) is 0.318. The Morgan fingerprint density at radius 3 is 2.58 bits per heavy atom. The molecule has 4 rings (SSSR count). The van der Waals surface area contributed by atoms with Crippen molar-refractivity contribution in [2.75, 3.05) is 44.4 Å². The lowest BCUT2D eigenvalue weighted by atomic mass is 10.1. The van der Waals surface area contributed by atoms with Crippen molar-refractivity contribution in [3.63, 3.8) is 0 Å². The van der Waals surface area contributed by atoms with Gasteiger partial charge >= 0.3 is 6.09 Å². The summed E-state index contributed by atoms with van der Waals surface area (Å²) in [7, 11) is 0. The van der Waals surface area contributed by atoms with E-state index in [1.165, 1.54) is 4.90 Å². The van der Waals surface area contributed by atoms with E-state index >= 15 is 0 Å². The first kappa shape index (κ1) is 20.7. The molecule has 0 aromatic heterocycles. The maximum Gasteiger partial charge on any atom is 0.414 e. The number of cyclic esters (lactones) is 1. The van der Waals surface area contributed by atoms with Crippen molar-refractivity contribution in [1.82, 2.24) is 4.90 Å². The second-order valence-corrected chi connectivity index (χ2v) is 7.32. The largest absolute Gasteiger partial charge is 0.490 e. The molecule has 2 aliphatic rings. The minimum atomic E-state index is -0.472. The molecule has 0 saturated carbocycles. The van der Waals surface area contributed by atoms with Crippen LogP contribution < -0.4 is 15.4 Å². The van der Waals surface area contributed by atoms with Gasteiger partial charge in [0.25, 0.3) is 5.91 Å². The van der Waals surface area contributed by atoms with Gasteiger partial charge in [0, 0.05) is 29.9 Å². The van der Waals surface area contributed by atoms with Crippen LogP contribution in [0.4, 0.5) is 10.5 Å². The zero-order valence-corrected chi connectivity index (χ0v) is 17.0. The van der Waals surface area contributed by atoms with Crippen molar-refractivity contribution in [2.24, 2.45) is 5.73 Å². The number of morpholine rings is 1. The summed E-state index contributed by atoms with van der Waals surface area (Å²) >= 11 is 0. The number of nitrogens with two attached hydrogens (primary N) is 1. The first-order valence-electron chi connectivity index (χ1n) is 10.0. The molecule has 0 bridgehead atoms. The Morgan fingerprint density at radius 2 is 1.87 bits per heavy atom. The molecule has 31 heavy (non-hydrogen) atoms. The molecule has 1 atom stereocenters. The summed E-state index contributed by atoms with van der Waals surface area (Å²) in [6.45, 7) is 2.82. The third-order valence-corrected chi connectivity index (χ3v) is 5.18. The van der Waals surface area contributed by atoms with Crippen LogP contribution in [0.1, 0.15) is 15.9 Å². The van der Waals surface area contributed by atoms with E-state index in [9.17, 15) is 9.59 Å². The third kappa shape index (κ3) is 4.77. The van der Waals surface area contributed by atoms with Crippen LogP contribution in [0.25, 0.3) is 0 Å². The van der Waals surface area contributed by atoms with Crippen molar-refractivity contribution in [3.8, 4) is 5.75 Å². The van der Waals surface area contributed by atoms with Crippen LogP contribution in [0.15, 0.2) is 48.5 Å². The highest BCUT2D eigenvalue weighted by Gasteiger charge is 2.33. The summed E-state index contributed by atoms with van der Waals surface area (Å²) in [5.41, 5.74) is 7.28. The summed E-state index contributed by atoms with van der Waals surface area (Å²) in [5.74, 6) is 0.499. The fourth-order valence-electron chi connectivity index (χ4n) is 3.49. The molecule has 0 aliphatic carbocycles. The quantitative estimate of drug-likeness (QED) is 0.540. The molecule has 0 spiro atoms. The topological polar surface area (TPSA) is 118 Å². The Labute approximate surface area is 179 Å². The molecule has 2 aromatic carbocycles. The Balaban J connectivity index is 1.32. The third-order valence-electron chi connectivity index (χ3n) is 5.18. The number of nitrogen functional groups attached to an aromatic ring is 1. The van der Waals surface area contributed by atoms with E-state index in [1.54, 1.807) is 53.4 Å². The molecule has 9 nitrogen and oxygen atoms in total. The molecule has 1 unspecified atom stereocenters. The molecule has 2 saturated heterocycles. The number of benzene rings is 2. The monoisotopic (exact) mass is 424 g/mol. The Morgan fingerprint density at radius 1 is 1.13 bits per heavy atom. The van der Waals surface area contributed by atoms with E-state index in [1.807, 2.05) is 0 Å². The molecule has 9 heteroatoms. The number of anilines is 1. The summed E-state index contributed by atoms with van der Waals surface area (Å²) in [5, 5.41) is 7.55. The zero-order chi connectivity index (χ0) is 21.8. The molecule has 2 amide bonds. The molecular weight excluding hydrogens is 400 g/mol. The average Bonchev–Trinajstić information content (AvgIpc) is 3.18. The summed E-state index contributed by atoms with van der Waals surface area (Å²) < 4.78 is 16.4. The van der Waals surface area contributed by atoms with Gasteiger partial charge in [-0.2, -0.15) is 0 Å². The average molecular weight is 424 g/mol. The molecule has 2 aliphatic heterocycles. The molecule has 162 valence electrons. The van der Waals surface area contributed by atoms with Gasteiger partial charge in [-0.1, -0.05) is 12.1 Å². The zero-order valence-electron chi connectivity index (χ0n) is 17.0. The number of hydrogen-bond acceptors (Lipinski definition) is 6. The SMILES string of the molecule is N=C(N)c1cccc(N2CC(COc3ccc(C(=O)N4CCOCC4)cc3)OC2=O)c1. The number of ether oxygens (including phenoxy) is 3. The van der Waals surface area contributed by atoms with Crippen molar-refractivity contribution >= 4 is 23.5 Å². The normalized spacial score (nSPS) is 18.6. The highest BCUT2D eigenvalue weighted by Crippen LogP contribution is 2.23. The van der Waals surface area contributed by atoms with Gasteiger partial charge in [-0.25, -0.2) is 4.79 Å². The number of carbonyl (C=O) groups excluding carboxylic acids is 2. The number of nitrogens with zero attached hydrogens (tertiary/aromatic N) is 2. The van der Waals surface area contributed by atoms with Gasteiger partial charge in [0.1, 0.15) is 18.2 Å². The molecular formula is C22H24N4O5. The van der Waals surface area contributed by atoms with Crippen LogP contribution >= 0.6 is 0 Å². The van der Waals surface area contributed by atoms with E-state index in [0.29, 0.717) is 55.4 Å². The maximum absolute atomic E-state index is 12.5. The maximum atomic E-state index is 12.5. The number of amides is 2.